The fourth-order valence-electron chi connectivity index (χ4n) is 5.05. The number of aryl methyl sites for hydroxylation is 1. The Labute approximate surface area is 254 Å². The lowest BCUT2D eigenvalue weighted by Crippen LogP contribution is -2.45. The summed E-state index contributed by atoms with van der Waals surface area (Å²) in [6, 6.07) is 24.9. The summed E-state index contributed by atoms with van der Waals surface area (Å²) in [4.78, 5) is 31.5. The number of carbonyl (C=O) groups excluding carboxylic acids is 2. The zero-order valence-corrected chi connectivity index (χ0v) is 25.3. The number of halogens is 1. The third kappa shape index (κ3) is 9.18. The molecule has 8 heteroatoms. The van der Waals surface area contributed by atoms with Gasteiger partial charge in [-0.25, -0.2) is 4.79 Å². The van der Waals surface area contributed by atoms with Gasteiger partial charge in [0.25, 0.3) is 5.91 Å². The van der Waals surface area contributed by atoms with Crippen molar-refractivity contribution in [2.45, 2.75) is 52.0 Å². The SMILES string of the molecule is CCCCO.Cc1[nH]c2ccc(OC(=O)c3ccccc3)cc2c1C(=O)NC1CCN(CCc2ccccc2)CC1.Cl. The Morgan fingerprint density at radius 2 is 1.67 bits per heavy atom. The van der Waals surface area contributed by atoms with Crippen LogP contribution < -0.4 is 10.1 Å². The number of amides is 1. The summed E-state index contributed by atoms with van der Waals surface area (Å²) < 4.78 is 5.58. The van der Waals surface area contributed by atoms with Gasteiger partial charge in [0.15, 0.2) is 0 Å². The molecule has 0 spiro atoms. The van der Waals surface area contributed by atoms with Crippen LogP contribution in [0.2, 0.25) is 0 Å². The van der Waals surface area contributed by atoms with Crippen LogP contribution in [0.4, 0.5) is 0 Å². The van der Waals surface area contributed by atoms with Gasteiger partial charge in [-0.1, -0.05) is 61.9 Å². The molecule has 0 radical (unpaired) electrons. The molecule has 0 atom stereocenters. The predicted molar refractivity (Wildman–Crippen MR) is 171 cm³/mol. The fourth-order valence-corrected chi connectivity index (χ4v) is 5.05. The maximum atomic E-state index is 13.3. The fraction of sp³-hybridized carbons (Fsp3) is 0.353. The van der Waals surface area contributed by atoms with Crippen LogP contribution in [0.5, 0.6) is 5.75 Å². The number of ether oxygens (including phenoxy) is 1. The highest BCUT2D eigenvalue weighted by Gasteiger charge is 2.24. The Balaban J connectivity index is 0.000000745. The van der Waals surface area contributed by atoms with Gasteiger partial charge >= 0.3 is 5.97 Å². The summed E-state index contributed by atoms with van der Waals surface area (Å²) in [5.74, 6) is -0.101. The van der Waals surface area contributed by atoms with Crippen LogP contribution in [0.3, 0.4) is 0 Å². The van der Waals surface area contributed by atoms with Crippen LogP contribution in [0.25, 0.3) is 10.9 Å². The number of aliphatic hydroxyl groups is 1. The monoisotopic (exact) mass is 591 g/mol. The van der Waals surface area contributed by atoms with E-state index in [1.54, 1.807) is 36.4 Å². The van der Waals surface area contributed by atoms with Crippen LogP contribution in [0.1, 0.15) is 64.6 Å². The molecule has 5 rings (SSSR count). The molecule has 0 bridgehead atoms. The van der Waals surface area contributed by atoms with Crippen molar-refractivity contribution < 1.29 is 19.4 Å². The standard InChI is InChI=1S/C30H31N3O3.C4H10O.ClH/c1-21-28(26-20-25(12-13-27(26)31-21)36-30(35)23-10-6-3-7-11-23)29(34)32-24-15-18-33(19-16-24)17-14-22-8-4-2-5-9-22;1-2-3-4-5;/h2-13,20,24,31H,14-19H2,1H3,(H,32,34);5H,2-4H2,1H3;1H. The number of hydrogen-bond acceptors (Lipinski definition) is 5. The largest absolute Gasteiger partial charge is 0.423 e. The molecule has 1 amide bonds. The molecule has 224 valence electrons. The minimum absolute atomic E-state index is 0. The van der Waals surface area contributed by atoms with Gasteiger partial charge in [0.05, 0.1) is 11.1 Å². The van der Waals surface area contributed by atoms with Gasteiger partial charge in [-0.3, -0.25) is 4.79 Å². The number of benzene rings is 3. The maximum absolute atomic E-state index is 13.3. The Hall–Kier alpha value is -3.65. The molecule has 1 aliphatic rings. The molecule has 2 heterocycles. The van der Waals surface area contributed by atoms with Gasteiger partial charge in [0.2, 0.25) is 0 Å². The van der Waals surface area contributed by atoms with Gasteiger partial charge in [-0.05, 0) is 68.5 Å². The van der Waals surface area contributed by atoms with Crippen LogP contribution in [0.15, 0.2) is 78.9 Å². The van der Waals surface area contributed by atoms with Crippen molar-refractivity contribution in [1.29, 1.82) is 0 Å². The Morgan fingerprint density at radius 3 is 2.29 bits per heavy atom. The number of carbonyl (C=O) groups is 2. The third-order valence-electron chi connectivity index (χ3n) is 7.40. The van der Waals surface area contributed by atoms with E-state index in [4.69, 9.17) is 9.84 Å². The second kappa shape index (κ2) is 16.7. The molecule has 0 aliphatic carbocycles. The molecule has 1 saturated heterocycles. The predicted octanol–water partition coefficient (Wildman–Crippen LogP) is 6.33. The summed E-state index contributed by atoms with van der Waals surface area (Å²) in [5, 5.41) is 12.1. The number of aromatic amines is 1. The van der Waals surface area contributed by atoms with Crippen molar-refractivity contribution in [2.75, 3.05) is 26.2 Å². The zero-order valence-electron chi connectivity index (χ0n) is 24.5. The quantitative estimate of drug-likeness (QED) is 0.156. The van der Waals surface area contributed by atoms with Crippen LogP contribution in [-0.2, 0) is 6.42 Å². The van der Waals surface area contributed by atoms with E-state index in [1.807, 2.05) is 25.1 Å². The summed E-state index contributed by atoms with van der Waals surface area (Å²) in [6.45, 7) is 7.29. The van der Waals surface area contributed by atoms with Gasteiger partial charge in [0, 0.05) is 48.9 Å². The number of nitrogens with zero attached hydrogens (tertiary/aromatic N) is 1. The second-order valence-electron chi connectivity index (χ2n) is 10.5. The van der Waals surface area contributed by atoms with E-state index < -0.39 is 5.97 Å². The minimum atomic E-state index is -0.424. The number of likely N-dealkylation sites (tertiary alicyclic amines) is 1. The van der Waals surface area contributed by atoms with Gasteiger partial charge < -0.3 is 25.0 Å². The summed E-state index contributed by atoms with van der Waals surface area (Å²) >= 11 is 0. The topological polar surface area (TPSA) is 94.7 Å². The number of hydrogen-bond donors (Lipinski definition) is 3. The van der Waals surface area contributed by atoms with Crippen LogP contribution in [0, 0.1) is 6.92 Å². The highest BCUT2D eigenvalue weighted by Crippen LogP contribution is 2.27. The van der Waals surface area contributed by atoms with Gasteiger partial charge in [-0.15, -0.1) is 12.4 Å². The van der Waals surface area contributed by atoms with E-state index in [0.717, 1.165) is 68.3 Å². The van der Waals surface area contributed by atoms with Gasteiger partial charge in [0.1, 0.15) is 5.75 Å². The summed E-state index contributed by atoms with van der Waals surface area (Å²) in [5.41, 5.74) is 4.09. The number of aromatic nitrogens is 1. The summed E-state index contributed by atoms with van der Waals surface area (Å²) in [7, 11) is 0. The number of H-pyrrole nitrogens is 1. The first-order chi connectivity index (χ1) is 20.0. The van der Waals surface area contributed by atoms with Crippen molar-refractivity contribution in [3.63, 3.8) is 0 Å². The molecular formula is C34H42ClN3O4. The first-order valence-electron chi connectivity index (χ1n) is 14.6. The van der Waals surface area contributed by atoms with Crippen molar-refractivity contribution in [3.05, 3.63) is 101 Å². The van der Waals surface area contributed by atoms with E-state index in [2.05, 4.69) is 46.4 Å². The van der Waals surface area contributed by atoms with Crippen molar-refractivity contribution >= 4 is 35.2 Å². The molecule has 1 aliphatic heterocycles. The Kier molecular flexibility index (Phi) is 13.1. The lowest BCUT2D eigenvalue weighted by Gasteiger charge is -2.32. The first kappa shape index (κ1) is 32.9. The molecule has 7 nitrogen and oxygen atoms in total. The number of nitrogens with one attached hydrogen (secondary N) is 2. The van der Waals surface area contributed by atoms with Crippen molar-refractivity contribution in [2.24, 2.45) is 0 Å². The number of piperidine rings is 1. The molecule has 3 N–H and O–H groups in total. The molecular weight excluding hydrogens is 550 g/mol. The number of rotatable bonds is 9. The molecule has 1 aromatic heterocycles. The Morgan fingerprint density at radius 1 is 1.00 bits per heavy atom. The van der Waals surface area contributed by atoms with Crippen LogP contribution >= 0.6 is 12.4 Å². The van der Waals surface area contributed by atoms with E-state index in [1.165, 1.54) is 5.56 Å². The van der Waals surface area contributed by atoms with Crippen LogP contribution in [-0.4, -0.2) is 59.1 Å². The van der Waals surface area contributed by atoms with Crippen molar-refractivity contribution in [1.82, 2.24) is 15.2 Å². The second-order valence-corrected chi connectivity index (χ2v) is 10.5. The highest BCUT2D eigenvalue weighted by atomic mass is 35.5. The molecule has 0 saturated carbocycles. The van der Waals surface area contributed by atoms with E-state index in [-0.39, 0.29) is 24.4 Å². The smallest absolute Gasteiger partial charge is 0.343 e. The maximum Gasteiger partial charge on any atom is 0.343 e. The third-order valence-corrected chi connectivity index (χ3v) is 7.40. The molecule has 4 aromatic rings. The lowest BCUT2D eigenvalue weighted by atomic mass is 10.0. The minimum Gasteiger partial charge on any atom is -0.423 e. The molecule has 0 unspecified atom stereocenters. The molecule has 3 aromatic carbocycles. The normalized spacial score (nSPS) is 13.5. The number of esters is 1. The molecule has 1 fully saturated rings. The summed E-state index contributed by atoms with van der Waals surface area (Å²) in [6.07, 6.45) is 4.95. The van der Waals surface area contributed by atoms with E-state index >= 15 is 0 Å². The number of fused-ring (bicyclic) bond motifs is 1. The lowest BCUT2D eigenvalue weighted by molar-refractivity contribution is 0.0734. The average molecular weight is 592 g/mol. The average Bonchev–Trinajstić information content (AvgIpc) is 3.33. The first-order valence-corrected chi connectivity index (χ1v) is 14.6. The zero-order chi connectivity index (χ0) is 29.0. The number of unbranched alkanes of at least 4 members (excludes halogenated alkanes) is 1. The van der Waals surface area contributed by atoms with Crippen molar-refractivity contribution in [3.8, 4) is 5.75 Å². The molecule has 42 heavy (non-hydrogen) atoms. The van der Waals surface area contributed by atoms with E-state index in [0.29, 0.717) is 23.5 Å². The Bertz CT molecular complexity index is 1400. The van der Waals surface area contributed by atoms with Gasteiger partial charge in [-0.2, -0.15) is 0 Å². The number of aliphatic hydroxyl groups excluding tert-OH is 1. The highest BCUT2D eigenvalue weighted by molar-refractivity contribution is 6.08. The van der Waals surface area contributed by atoms with E-state index in [9.17, 15) is 9.59 Å².